The number of aromatic nitrogens is 1. The third kappa shape index (κ3) is 2.37. The number of para-hydroxylation sites is 1. The molecule has 0 saturated carbocycles. The molecule has 0 fully saturated rings. The largest absolute Gasteiger partial charge is 0.504 e. The highest BCUT2D eigenvalue weighted by Gasteiger charge is 2.31. The Labute approximate surface area is 160 Å². The number of rotatable bonds is 2. The lowest BCUT2D eigenvalue weighted by atomic mass is 10.0. The van der Waals surface area contributed by atoms with Gasteiger partial charge in [0.2, 0.25) is 11.5 Å². The van der Waals surface area contributed by atoms with Crippen LogP contribution in [-0.2, 0) is 0 Å². The summed E-state index contributed by atoms with van der Waals surface area (Å²) < 4.78 is 5.63. The topological polar surface area (TPSA) is 82.6 Å². The van der Waals surface area contributed by atoms with Crippen LogP contribution in [0.25, 0.3) is 28.2 Å². The summed E-state index contributed by atoms with van der Waals surface area (Å²) in [7, 11) is 0. The number of carbonyl (C=O) groups is 1. The van der Waals surface area contributed by atoms with Gasteiger partial charge in [-0.15, -0.1) is 0 Å². The summed E-state index contributed by atoms with van der Waals surface area (Å²) in [5, 5.41) is 20.7. The standard InChI is InChI=1S/C23H15NO4/c25-18-11-10-15-21(26)19(28-23(15)22(18)27)12-16-14-8-4-5-9-17(14)24-20(16)13-6-2-1-3-7-13/h1-12,24-25,27H/b19-12-. The number of nitrogens with one attached hydrogen (secondary N) is 1. The Morgan fingerprint density at radius 1 is 0.893 bits per heavy atom. The molecular formula is C23H15NO4. The number of hydrogen-bond acceptors (Lipinski definition) is 4. The first-order valence-corrected chi connectivity index (χ1v) is 8.79. The fourth-order valence-corrected chi connectivity index (χ4v) is 3.50. The number of allylic oxidation sites excluding steroid dienone is 1. The lowest BCUT2D eigenvalue weighted by Crippen LogP contribution is -1.98. The van der Waals surface area contributed by atoms with Gasteiger partial charge in [-0.3, -0.25) is 4.79 Å². The van der Waals surface area contributed by atoms with E-state index in [-0.39, 0.29) is 28.6 Å². The second-order valence-corrected chi connectivity index (χ2v) is 6.58. The minimum absolute atomic E-state index is 0.0163. The van der Waals surface area contributed by atoms with Gasteiger partial charge < -0.3 is 19.9 Å². The molecule has 0 atom stereocenters. The lowest BCUT2D eigenvalue weighted by Gasteiger charge is -2.04. The van der Waals surface area contributed by atoms with Crippen molar-refractivity contribution in [3.05, 3.63) is 83.6 Å². The van der Waals surface area contributed by atoms with Gasteiger partial charge in [-0.05, 0) is 29.8 Å². The van der Waals surface area contributed by atoms with Crippen LogP contribution in [0.15, 0.2) is 72.5 Å². The van der Waals surface area contributed by atoms with Gasteiger partial charge in [0.25, 0.3) is 0 Å². The van der Waals surface area contributed by atoms with E-state index in [9.17, 15) is 15.0 Å². The van der Waals surface area contributed by atoms with Crippen LogP contribution < -0.4 is 4.74 Å². The minimum Gasteiger partial charge on any atom is -0.504 e. The zero-order chi connectivity index (χ0) is 19.3. The fourth-order valence-electron chi connectivity index (χ4n) is 3.50. The number of H-pyrrole nitrogens is 1. The van der Waals surface area contributed by atoms with Crippen LogP contribution in [0.1, 0.15) is 15.9 Å². The lowest BCUT2D eigenvalue weighted by molar-refractivity contribution is 0.101. The van der Waals surface area contributed by atoms with E-state index in [0.29, 0.717) is 0 Å². The van der Waals surface area contributed by atoms with E-state index in [0.717, 1.165) is 27.7 Å². The molecule has 1 aliphatic rings. The molecule has 0 saturated heterocycles. The molecule has 1 aromatic heterocycles. The SMILES string of the molecule is O=C1/C(=C/c2c(-c3ccccc3)[nH]c3ccccc23)Oc2c1ccc(O)c2O. The molecule has 0 aliphatic carbocycles. The summed E-state index contributed by atoms with van der Waals surface area (Å²) >= 11 is 0. The first kappa shape index (κ1) is 16.2. The molecule has 0 spiro atoms. The van der Waals surface area contributed by atoms with Crippen molar-refractivity contribution in [2.45, 2.75) is 0 Å². The van der Waals surface area contributed by atoms with E-state index in [1.165, 1.54) is 12.1 Å². The van der Waals surface area contributed by atoms with Gasteiger partial charge in [0.15, 0.2) is 17.3 Å². The third-order valence-corrected chi connectivity index (χ3v) is 4.87. The van der Waals surface area contributed by atoms with Crippen molar-refractivity contribution in [2.75, 3.05) is 0 Å². The van der Waals surface area contributed by atoms with Crippen LogP contribution in [0.5, 0.6) is 17.2 Å². The Balaban J connectivity index is 1.70. The number of phenolic OH excluding ortho intramolecular Hbond substituents is 2. The number of ketones is 1. The van der Waals surface area contributed by atoms with Gasteiger partial charge in [0, 0.05) is 16.5 Å². The average Bonchev–Trinajstić information content (AvgIpc) is 3.25. The quantitative estimate of drug-likeness (QED) is 0.348. The monoisotopic (exact) mass is 369 g/mol. The van der Waals surface area contributed by atoms with Gasteiger partial charge in [0.05, 0.1) is 11.3 Å². The third-order valence-electron chi connectivity index (χ3n) is 4.87. The van der Waals surface area contributed by atoms with Crippen molar-refractivity contribution in [2.24, 2.45) is 0 Å². The van der Waals surface area contributed by atoms with E-state index < -0.39 is 5.75 Å². The molecule has 0 amide bonds. The number of aromatic amines is 1. The van der Waals surface area contributed by atoms with E-state index in [4.69, 9.17) is 4.74 Å². The first-order valence-electron chi connectivity index (χ1n) is 8.79. The predicted octanol–water partition coefficient (Wildman–Crippen LogP) is 4.86. The second kappa shape index (κ2) is 6.03. The van der Waals surface area contributed by atoms with Gasteiger partial charge in [0.1, 0.15) is 0 Å². The molecule has 28 heavy (non-hydrogen) atoms. The van der Waals surface area contributed by atoms with Gasteiger partial charge in [-0.2, -0.15) is 0 Å². The normalized spacial score (nSPS) is 14.4. The Hall–Kier alpha value is -3.99. The van der Waals surface area contributed by atoms with Crippen LogP contribution in [0.2, 0.25) is 0 Å². The molecule has 4 aromatic rings. The van der Waals surface area contributed by atoms with Crippen LogP contribution in [-0.4, -0.2) is 21.0 Å². The van der Waals surface area contributed by atoms with Crippen molar-refractivity contribution >= 4 is 22.8 Å². The van der Waals surface area contributed by atoms with Crippen molar-refractivity contribution in [3.8, 4) is 28.5 Å². The molecule has 0 unspecified atom stereocenters. The van der Waals surface area contributed by atoms with E-state index in [2.05, 4.69) is 4.98 Å². The van der Waals surface area contributed by atoms with Crippen LogP contribution in [0.3, 0.4) is 0 Å². The van der Waals surface area contributed by atoms with Crippen molar-refractivity contribution in [1.82, 2.24) is 4.98 Å². The fraction of sp³-hybridized carbons (Fsp3) is 0. The zero-order valence-corrected chi connectivity index (χ0v) is 14.6. The van der Waals surface area contributed by atoms with E-state index >= 15 is 0 Å². The van der Waals surface area contributed by atoms with Crippen LogP contribution >= 0.6 is 0 Å². The van der Waals surface area contributed by atoms with Crippen LogP contribution in [0.4, 0.5) is 0 Å². The Bertz CT molecular complexity index is 1270. The number of Topliss-reactive ketones (excluding diaryl/α,β-unsaturated/α-hetero) is 1. The number of aromatic hydroxyl groups is 2. The number of carbonyl (C=O) groups excluding carboxylic acids is 1. The molecule has 136 valence electrons. The summed E-state index contributed by atoms with van der Waals surface area (Å²) in [5.74, 6) is -1.02. The van der Waals surface area contributed by atoms with E-state index in [1.54, 1.807) is 6.08 Å². The minimum atomic E-state index is -0.434. The number of benzene rings is 3. The molecule has 5 rings (SSSR count). The van der Waals surface area contributed by atoms with Gasteiger partial charge >= 0.3 is 0 Å². The molecule has 5 heteroatoms. The van der Waals surface area contributed by atoms with Crippen molar-refractivity contribution in [1.29, 1.82) is 0 Å². The molecular weight excluding hydrogens is 354 g/mol. The molecule has 3 aromatic carbocycles. The highest BCUT2D eigenvalue weighted by Crippen LogP contribution is 2.44. The maximum atomic E-state index is 12.8. The maximum absolute atomic E-state index is 12.8. The predicted molar refractivity (Wildman–Crippen MR) is 106 cm³/mol. The van der Waals surface area contributed by atoms with E-state index in [1.807, 2.05) is 54.6 Å². The maximum Gasteiger partial charge on any atom is 0.232 e. The summed E-state index contributed by atoms with van der Waals surface area (Å²) in [6, 6.07) is 20.4. The number of phenols is 2. The highest BCUT2D eigenvalue weighted by molar-refractivity contribution is 6.16. The smallest absolute Gasteiger partial charge is 0.232 e. The molecule has 3 N–H and O–H groups in total. The van der Waals surface area contributed by atoms with Crippen molar-refractivity contribution in [3.63, 3.8) is 0 Å². The molecule has 5 nitrogen and oxygen atoms in total. The molecule has 1 aliphatic heterocycles. The summed E-state index contributed by atoms with van der Waals surface area (Å²) in [4.78, 5) is 16.2. The summed E-state index contributed by atoms with van der Waals surface area (Å²) in [6.45, 7) is 0. The highest BCUT2D eigenvalue weighted by atomic mass is 16.5. The Morgan fingerprint density at radius 2 is 1.64 bits per heavy atom. The summed E-state index contributed by atoms with van der Waals surface area (Å²) in [6.07, 6.45) is 1.68. The average molecular weight is 369 g/mol. The number of ether oxygens (including phenoxy) is 1. The molecule has 0 radical (unpaired) electrons. The van der Waals surface area contributed by atoms with Gasteiger partial charge in [-0.25, -0.2) is 0 Å². The van der Waals surface area contributed by atoms with Crippen LogP contribution in [0, 0.1) is 0 Å². The zero-order valence-electron chi connectivity index (χ0n) is 14.6. The summed E-state index contributed by atoms with van der Waals surface area (Å²) in [5.41, 5.74) is 3.84. The molecule has 2 heterocycles. The first-order chi connectivity index (χ1) is 13.6. The molecule has 0 bridgehead atoms. The Morgan fingerprint density at radius 3 is 2.46 bits per heavy atom. The van der Waals surface area contributed by atoms with Gasteiger partial charge in [-0.1, -0.05) is 48.5 Å². The number of fused-ring (bicyclic) bond motifs is 2. The Kier molecular flexibility index (Phi) is 3.49. The second-order valence-electron chi connectivity index (χ2n) is 6.58. The number of hydrogen-bond donors (Lipinski definition) is 3. The van der Waals surface area contributed by atoms with Crippen molar-refractivity contribution < 1.29 is 19.7 Å².